The van der Waals surface area contributed by atoms with Crippen LogP contribution in [-0.2, 0) is 9.59 Å². The molecule has 1 N–H and O–H groups in total. The van der Waals surface area contributed by atoms with E-state index in [0.29, 0.717) is 12.2 Å². The molecule has 2 aromatic carbocycles. The summed E-state index contributed by atoms with van der Waals surface area (Å²) in [5, 5.41) is 13.6. The topological polar surface area (TPSA) is 89.5 Å². The van der Waals surface area contributed by atoms with E-state index in [0.717, 1.165) is 5.56 Å². The fourth-order valence-corrected chi connectivity index (χ4v) is 3.16. The van der Waals surface area contributed by atoms with Gasteiger partial charge >= 0.3 is 0 Å². The lowest BCUT2D eigenvalue weighted by molar-refractivity contribution is -0.255. The third-order valence-corrected chi connectivity index (χ3v) is 4.64. The Hall–Kier alpha value is -3.15. The van der Waals surface area contributed by atoms with Gasteiger partial charge in [-0.05, 0) is 30.2 Å². The summed E-state index contributed by atoms with van der Waals surface area (Å²) in [5.41, 5.74) is 1.38. The summed E-state index contributed by atoms with van der Waals surface area (Å²) in [4.78, 5) is 37.5. The van der Waals surface area contributed by atoms with Gasteiger partial charge in [-0.1, -0.05) is 42.5 Å². The van der Waals surface area contributed by atoms with Crippen LogP contribution in [-0.4, -0.2) is 29.2 Å². The summed E-state index contributed by atoms with van der Waals surface area (Å²) in [6, 6.07) is 15.4. The zero-order chi connectivity index (χ0) is 18.7. The quantitative estimate of drug-likeness (QED) is 0.886. The molecule has 6 heteroatoms. The van der Waals surface area contributed by atoms with Crippen LogP contribution in [0.4, 0.5) is 5.69 Å². The SMILES string of the molecule is C[C@@H](c1ccccc1)N1C[C@H](C(=O)Nc2cccc(C(=O)[O-])c2)CC1=O. The first-order valence-electron chi connectivity index (χ1n) is 8.42. The van der Waals surface area contributed by atoms with E-state index >= 15 is 0 Å². The van der Waals surface area contributed by atoms with Gasteiger partial charge in [-0.15, -0.1) is 0 Å². The molecule has 2 aromatic rings. The Balaban J connectivity index is 1.67. The average Bonchev–Trinajstić information content (AvgIpc) is 3.04. The van der Waals surface area contributed by atoms with Crippen LogP contribution in [0.2, 0.25) is 0 Å². The monoisotopic (exact) mass is 351 g/mol. The van der Waals surface area contributed by atoms with Crippen molar-refractivity contribution in [3.63, 3.8) is 0 Å². The van der Waals surface area contributed by atoms with Gasteiger partial charge in [0, 0.05) is 18.7 Å². The number of nitrogens with zero attached hydrogens (tertiary/aromatic N) is 1. The lowest BCUT2D eigenvalue weighted by Gasteiger charge is -2.25. The van der Waals surface area contributed by atoms with Crippen LogP contribution < -0.4 is 10.4 Å². The van der Waals surface area contributed by atoms with E-state index in [-0.39, 0.29) is 29.8 Å². The van der Waals surface area contributed by atoms with Crippen molar-refractivity contribution in [2.24, 2.45) is 5.92 Å². The molecule has 1 saturated heterocycles. The Bertz CT molecular complexity index is 835. The Morgan fingerprint density at radius 2 is 1.88 bits per heavy atom. The number of rotatable bonds is 5. The zero-order valence-corrected chi connectivity index (χ0v) is 14.3. The van der Waals surface area contributed by atoms with E-state index in [1.807, 2.05) is 37.3 Å². The Morgan fingerprint density at radius 1 is 1.15 bits per heavy atom. The molecule has 0 saturated carbocycles. The molecule has 2 amide bonds. The molecule has 1 fully saturated rings. The third kappa shape index (κ3) is 3.74. The van der Waals surface area contributed by atoms with Crippen LogP contribution in [0.5, 0.6) is 0 Å². The van der Waals surface area contributed by atoms with Crippen LogP contribution in [0.3, 0.4) is 0 Å². The molecule has 0 aliphatic carbocycles. The molecule has 6 nitrogen and oxygen atoms in total. The van der Waals surface area contributed by atoms with Gasteiger partial charge in [0.2, 0.25) is 11.8 Å². The lowest BCUT2D eigenvalue weighted by atomic mass is 10.1. The fraction of sp³-hybridized carbons (Fsp3) is 0.250. The highest BCUT2D eigenvalue weighted by Gasteiger charge is 2.37. The molecule has 134 valence electrons. The van der Waals surface area contributed by atoms with Gasteiger partial charge in [0.1, 0.15) is 0 Å². The lowest BCUT2D eigenvalue weighted by Crippen LogP contribution is -2.30. The summed E-state index contributed by atoms with van der Waals surface area (Å²) in [6.07, 6.45) is 0.142. The van der Waals surface area contributed by atoms with Gasteiger partial charge in [0.25, 0.3) is 0 Å². The molecule has 26 heavy (non-hydrogen) atoms. The number of aromatic carboxylic acids is 1. The standard InChI is InChI=1S/C20H20N2O4/c1-13(14-6-3-2-4-7-14)22-12-16(11-18(22)23)19(24)21-17-9-5-8-15(10-17)20(25)26/h2-10,13,16H,11-12H2,1H3,(H,21,24)(H,25,26)/p-1/t13-,16+/m0/s1. The number of anilines is 1. The van der Waals surface area contributed by atoms with Crippen molar-refractivity contribution in [3.05, 3.63) is 65.7 Å². The summed E-state index contributed by atoms with van der Waals surface area (Å²) in [5.74, 6) is -2.14. The number of likely N-dealkylation sites (tertiary alicyclic amines) is 1. The Kier molecular flexibility index (Phi) is 5.02. The van der Waals surface area contributed by atoms with E-state index in [2.05, 4.69) is 5.32 Å². The smallest absolute Gasteiger partial charge is 0.229 e. The second-order valence-corrected chi connectivity index (χ2v) is 6.39. The summed E-state index contributed by atoms with van der Waals surface area (Å²) < 4.78 is 0. The molecular weight excluding hydrogens is 332 g/mol. The molecule has 0 spiro atoms. The molecule has 1 heterocycles. The fourth-order valence-electron chi connectivity index (χ4n) is 3.16. The maximum atomic E-state index is 12.5. The minimum atomic E-state index is -1.31. The van der Waals surface area contributed by atoms with Crippen molar-refractivity contribution in [1.29, 1.82) is 0 Å². The van der Waals surface area contributed by atoms with Crippen LogP contribution in [0.15, 0.2) is 54.6 Å². The first-order valence-corrected chi connectivity index (χ1v) is 8.42. The first-order chi connectivity index (χ1) is 12.5. The van der Waals surface area contributed by atoms with E-state index in [4.69, 9.17) is 0 Å². The van der Waals surface area contributed by atoms with Crippen LogP contribution in [0.1, 0.15) is 35.3 Å². The van der Waals surface area contributed by atoms with E-state index in [1.165, 1.54) is 18.2 Å². The van der Waals surface area contributed by atoms with Crippen molar-refractivity contribution >= 4 is 23.5 Å². The molecule has 3 rings (SSSR count). The minimum absolute atomic E-state index is 0.00961. The normalized spacial score (nSPS) is 17.8. The molecule has 1 aliphatic heterocycles. The van der Waals surface area contributed by atoms with Crippen molar-refractivity contribution in [2.45, 2.75) is 19.4 Å². The van der Waals surface area contributed by atoms with Gasteiger partial charge in [0.15, 0.2) is 0 Å². The van der Waals surface area contributed by atoms with E-state index in [1.54, 1.807) is 11.0 Å². The largest absolute Gasteiger partial charge is 0.545 e. The van der Waals surface area contributed by atoms with Gasteiger partial charge in [0.05, 0.1) is 17.9 Å². The number of hydrogen-bond acceptors (Lipinski definition) is 4. The minimum Gasteiger partial charge on any atom is -0.545 e. The summed E-state index contributed by atoms with van der Waals surface area (Å²) >= 11 is 0. The van der Waals surface area contributed by atoms with Gasteiger partial charge in [-0.25, -0.2) is 0 Å². The highest BCUT2D eigenvalue weighted by Crippen LogP contribution is 2.29. The Morgan fingerprint density at radius 3 is 2.58 bits per heavy atom. The maximum Gasteiger partial charge on any atom is 0.229 e. The second-order valence-electron chi connectivity index (χ2n) is 6.39. The van der Waals surface area contributed by atoms with Gasteiger partial charge in [-0.3, -0.25) is 9.59 Å². The predicted octanol–water partition coefficient (Wildman–Crippen LogP) is 1.60. The van der Waals surface area contributed by atoms with Gasteiger partial charge in [-0.2, -0.15) is 0 Å². The predicted molar refractivity (Wildman–Crippen MR) is 94.1 cm³/mol. The van der Waals surface area contributed by atoms with Crippen molar-refractivity contribution in [1.82, 2.24) is 4.90 Å². The van der Waals surface area contributed by atoms with Crippen molar-refractivity contribution in [2.75, 3.05) is 11.9 Å². The number of carbonyl (C=O) groups is 3. The number of carboxylic acid groups (broad SMARTS) is 1. The van der Waals surface area contributed by atoms with E-state index < -0.39 is 11.9 Å². The summed E-state index contributed by atoms with van der Waals surface area (Å²) in [7, 11) is 0. The second kappa shape index (κ2) is 7.39. The van der Waals surface area contributed by atoms with Crippen molar-refractivity contribution < 1.29 is 19.5 Å². The number of nitrogens with one attached hydrogen (secondary N) is 1. The zero-order valence-electron chi connectivity index (χ0n) is 14.3. The molecule has 0 radical (unpaired) electrons. The highest BCUT2D eigenvalue weighted by molar-refractivity contribution is 5.98. The molecular formula is C20H19N2O4-. The Labute approximate surface area is 151 Å². The molecule has 0 unspecified atom stereocenters. The summed E-state index contributed by atoms with van der Waals surface area (Å²) in [6.45, 7) is 2.28. The maximum absolute atomic E-state index is 12.5. The van der Waals surface area contributed by atoms with E-state index in [9.17, 15) is 19.5 Å². The third-order valence-electron chi connectivity index (χ3n) is 4.64. The number of benzene rings is 2. The number of hydrogen-bond donors (Lipinski definition) is 1. The molecule has 1 aliphatic rings. The van der Waals surface area contributed by atoms with Crippen molar-refractivity contribution in [3.8, 4) is 0 Å². The molecule has 0 bridgehead atoms. The van der Waals surface area contributed by atoms with Gasteiger partial charge < -0.3 is 20.1 Å². The molecule has 0 aromatic heterocycles. The van der Waals surface area contributed by atoms with Crippen LogP contribution >= 0.6 is 0 Å². The average molecular weight is 351 g/mol. The first kappa shape index (κ1) is 17.7. The molecule has 2 atom stereocenters. The van der Waals surface area contributed by atoms with Crippen LogP contribution in [0, 0.1) is 5.92 Å². The highest BCUT2D eigenvalue weighted by atomic mass is 16.4. The number of carboxylic acids is 1. The van der Waals surface area contributed by atoms with Crippen LogP contribution in [0.25, 0.3) is 0 Å². The number of carbonyl (C=O) groups excluding carboxylic acids is 3. The number of amides is 2.